The third-order valence-corrected chi connectivity index (χ3v) is 2.79. The Hall–Kier alpha value is 0.880. The molecule has 0 spiro atoms. The Morgan fingerprint density at radius 2 is 0.938 bits per heavy atom. The van der Waals surface area contributed by atoms with Gasteiger partial charge in [-0.05, 0) is 25.4 Å². The third kappa shape index (κ3) is 60.6. The van der Waals surface area contributed by atoms with Crippen molar-refractivity contribution in [3.63, 3.8) is 0 Å². The molecule has 0 fully saturated rings. The molecule has 0 heterocycles. The quantitative estimate of drug-likeness (QED) is 0.519. The Kier molecular flexibility index (Phi) is 66.8. The number of hydrogen-bond donors (Lipinski definition) is 0. The molecule has 104 valence electrons. The molecule has 0 aromatic heterocycles. The lowest BCUT2D eigenvalue weighted by Crippen LogP contribution is -1.74. The predicted molar refractivity (Wildman–Crippen MR) is 99.7 cm³/mol. The first-order valence-corrected chi connectivity index (χ1v) is 6.60. The van der Waals surface area contributed by atoms with Crippen LogP contribution in [0.3, 0.4) is 0 Å². The molecule has 0 atom stereocenters. The minimum atomic E-state index is 0. The predicted octanol–water partition coefficient (Wildman–Crippen LogP) is 6.72. The highest BCUT2D eigenvalue weighted by molar-refractivity contribution is 8.23. The Bertz CT molecular complexity index is 117. The molecule has 0 aromatic carbocycles. The molecule has 0 bridgehead atoms. The van der Waals surface area contributed by atoms with Crippen LogP contribution in [-0.4, -0.2) is 19.9 Å². The van der Waals surface area contributed by atoms with Crippen LogP contribution in [0.2, 0.25) is 0 Å². The summed E-state index contributed by atoms with van der Waals surface area (Å²) in [6, 6.07) is 0. The van der Waals surface area contributed by atoms with Gasteiger partial charge in [0.2, 0.25) is 0 Å². The van der Waals surface area contributed by atoms with E-state index in [4.69, 9.17) is 24.4 Å². The second-order valence-electron chi connectivity index (χ2n) is 1.85. The molecule has 0 aliphatic rings. The van der Waals surface area contributed by atoms with Crippen LogP contribution in [0.1, 0.15) is 57.4 Å². The molecule has 0 saturated heterocycles. The second-order valence-corrected chi connectivity index (χ2v) is 6.55. The molecular weight excluding hydrogens is 272 g/mol. The number of thioether (sulfide) groups is 2. The summed E-state index contributed by atoms with van der Waals surface area (Å²) in [5.74, 6) is 2.21. The van der Waals surface area contributed by atoms with Crippen molar-refractivity contribution >= 4 is 56.4 Å². The van der Waals surface area contributed by atoms with Crippen molar-refractivity contribution in [1.82, 2.24) is 0 Å². The van der Waals surface area contributed by atoms with E-state index in [1.54, 1.807) is 23.5 Å². The van der Waals surface area contributed by atoms with Gasteiger partial charge in [0.25, 0.3) is 0 Å². The molecule has 0 unspecified atom stereocenters. The highest BCUT2D eigenvalue weighted by Crippen LogP contribution is 2.00. The zero-order chi connectivity index (χ0) is 9.98. The van der Waals surface area contributed by atoms with E-state index >= 15 is 0 Å². The molecule has 4 heteroatoms. The lowest BCUT2D eigenvalue weighted by Gasteiger charge is -1.84. The van der Waals surface area contributed by atoms with Gasteiger partial charge in [-0.15, -0.1) is 23.5 Å². The van der Waals surface area contributed by atoms with Crippen molar-refractivity contribution in [2.45, 2.75) is 57.4 Å². The average molecular weight is 305 g/mol. The largest absolute Gasteiger partial charge is 0.120 e. The molecule has 0 rings (SSSR count). The van der Waals surface area contributed by atoms with E-state index in [-0.39, 0.29) is 29.7 Å². The van der Waals surface area contributed by atoms with Crippen LogP contribution in [-0.2, 0) is 0 Å². The van der Waals surface area contributed by atoms with Gasteiger partial charge in [-0.25, -0.2) is 0 Å². The van der Waals surface area contributed by atoms with Crippen LogP contribution in [0.15, 0.2) is 0 Å². The van der Waals surface area contributed by atoms with E-state index in [0.29, 0.717) is 0 Å². The van der Waals surface area contributed by atoms with Gasteiger partial charge in [-0.1, -0.05) is 68.0 Å². The first-order chi connectivity index (χ1) is 5.54. The maximum Gasteiger partial charge on any atom is 0.0447 e. The minimum absolute atomic E-state index is 0. The highest BCUT2D eigenvalue weighted by Gasteiger charge is 1.79. The van der Waals surface area contributed by atoms with Crippen molar-refractivity contribution in [2.24, 2.45) is 0 Å². The first kappa shape index (κ1) is 36.0. The summed E-state index contributed by atoms with van der Waals surface area (Å²) in [5.41, 5.74) is 0. The van der Waals surface area contributed by atoms with Crippen molar-refractivity contribution in [1.29, 1.82) is 0 Å². The fourth-order valence-electron chi connectivity index (χ4n) is 0.407. The second kappa shape index (κ2) is 29.7. The highest BCUT2D eigenvalue weighted by atomic mass is 32.2. The van der Waals surface area contributed by atoms with E-state index in [2.05, 4.69) is 13.8 Å². The molecule has 0 saturated carbocycles. The van der Waals surface area contributed by atoms with Gasteiger partial charge in [-0.2, -0.15) is 0 Å². The zero-order valence-electron chi connectivity index (χ0n) is 8.05. The summed E-state index contributed by atoms with van der Waals surface area (Å²) in [7, 11) is 0. The maximum atomic E-state index is 4.76. The molecule has 16 heavy (non-hydrogen) atoms. The lowest BCUT2D eigenvalue weighted by molar-refractivity contribution is 1.54. The van der Waals surface area contributed by atoms with Crippen LogP contribution in [0.4, 0.5) is 0 Å². The minimum Gasteiger partial charge on any atom is -0.120 e. The normalized spacial score (nSPS) is 6.25. The van der Waals surface area contributed by atoms with Gasteiger partial charge in [0.15, 0.2) is 0 Å². The molecule has 0 amide bonds. The fourth-order valence-corrected chi connectivity index (χ4v) is 1.93. The Balaban J connectivity index is -0.0000000250. The van der Waals surface area contributed by atoms with Crippen LogP contribution in [0.5, 0.6) is 0 Å². The summed E-state index contributed by atoms with van der Waals surface area (Å²) >= 11 is 13.0. The molecule has 0 radical (unpaired) electrons. The average Bonchev–Trinajstić information content (AvgIpc) is 1.87. The molecule has 0 nitrogen and oxygen atoms in total. The topological polar surface area (TPSA) is 0 Å². The van der Waals surface area contributed by atoms with Gasteiger partial charge >= 0.3 is 0 Å². The Morgan fingerprint density at radius 3 is 0.938 bits per heavy atom. The molecule has 0 aliphatic heterocycles. The van der Waals surface area contributed by atoms with Crippen LogP contribution in [0.25, 0.3) is 0 Å². The van der Waals surface area contributed by atoms with Gasteiger partial charge < -0.3 is 0 Å². The summed E-state index contributed by atoms with van der Waals surface area (Å²) in [5, 5.41) is 0. The summed E-state index contributed by atoms with van der Waals surface area (Å²) in [6.45, 7) is 8.09. The zero-order valence-corrected chi connectivity index (χ0v) is 11.3. The van der Waals surface area contributed by atoms with Crippen LogP contribution >= 0.6 is 48.0 Å². The van der Waals surface area contributed by atoms with E-state index in [0.717, 1.165) is 19.9 Å². The van der Waals surface area contributed by atoms with Crippen LogP contribution in [0, 0.1) is 0 Å². The van der Waals surface area contributed by atoms with E-state index in [1.165, 1.54) is 0 Å². The Labute approximate surface area is 125 Å². The van der Waals surface area contributed by atoms with Gasteiger partial charge in [-0.3, -0.25) is 0 Å². The van der Waals surface area contributed by atoms with Gasteiger partial charge in [0, 0.05) is 8.39 Å². The third-order valence-electron chi connectivity index (χ3n) is 0.695. The fraction of sp³-hybridized carbons (Fsp3) is 0.833. The molecule has 0 aromatic rings. The number of hydrogen-bond acceptors (Lipinski definition) is 4. The first-order valence-electron chi connectivity index (χ1n) is 3.81. The summed E-state index contributed by atoms with van der Waals surface area (Å²) in [4.78, 5) is 0. The number of rotatable bonds is 2. The summed E-state index contributed by atoms with van der Waals surface area (Å²) < 4.78 is 2.08. The standard InChI is InChI=1S/2C4H8S2.4CH4/c2*1-3-6-4(2)5;;;;/h2*3H2,1-2H3;4*1H4. The van der Waals surface area contributed by atoms with Crippen molar-refractivity contribution in [3.05, 3.63) is 0 Å². The maximum absolute atomic E-state index is 4.76. The molecular formula is C12H32S4. The number of thiocarbonyl (C=S) groups is 2. The van der Waals surface area contributed by atoms with Crippen molar-refractivity contribution < 1.29 is 0 Å². The Morgan fingerprint density at radius 1 is 0.750 bits per heavy atom. The molecule has 0 N–H and O–H groups in total. The van der Waals surface area contributed by atoms with Crippen LogP contribution < -0.4 is 0 Å². The summed E-state index contributed by atoms with van der Waals surface area (Å²) in [6.07, 6.45) is 0. The lowest BCUT2D eigenvalue weighted by atomic mass is 11.0. The monoisotopic (exact) mass is 304 g/mol. The van der Waals surface area contributed by atoms with E-state index in [1.807, 2.05) is 13.8 Å². The molecule has 0 aliphatic carbocycles. The van der Waals surface area contributed by atoms with E-state index < -0.39 is 0 Å². The smallest absolute Gasteiger partial charge is 0.0447 e. The van der Waals surface area contributed by atoms with Gasteiger partial charge in [0.1, 0.15) is 0 Å². The van der Waals surface area contributed by atoms with Gasteiger partial charge in [0.05, 0.1) is 0 Å². The van der Waals surface area contributed by atoms with Crippen molar-refractivity contribution in [3.8, 4) is 0 Å². The SMILES string of the molecule is C.C.C.C.CCSC(C)=S.CCSC(C)=S. The van der Waals surface area contributed by atoms with E-state index in [9.17, 15) is 0 Å². The van der Waals surface area contributed by atoms with Crippen molar-refractivity contribution in [2.75, 3.05) is 11.5 Å².